The maximum atomic E-state index is 14.8. The molecule has 426 valence electrons. The molecule has 4 aromatic carbocycles. The van der Waals surface area contributed by atoms with Gasteiger partial charge in [0.15, 0.2) is 12.1 Å². The summed E-state index contributed by atoms with van der Waals surface area (Å²) >= 11 is 0. The van der Waals surface area contributed by atoms with Gasteiger partial charge >= 0.3 is 0 Å². The predicted molar refractivity (Wildman–Crippen MR) is 312 cm³/mol. The second kappa shape index (κ2) is 24.6. The van der Waals surface area contributed by atoms with Crippen molar-refractivity contribution in [3.05, 3.63) is 121 Å². The van der Waals surface area contributed by atoms with Gasteiger partial charge in [-0.25, -0.2) is 0 Å². The van der Waals surface area contributed by atoms with E-state index in [1.807, 2.05) is 13.8 Å². The van der Waals surface area contributed by atoms with Crippen LogP contribution in [0.2, 0.25) is 10.1 Å². The van der Waals surface area contributed by atoms with E-state index < -0.39 is 65.3 Å². The third-order valence-corrected chi connectivity index (χ3v) is 28.2. The maximum absolute atomic E-state index is 14.8. The van der Waals surface area contributed by atoms with E-state index in [0.29, 0.717) is 44.6 Å². The number of ketones is 1. The first-order chi connectivity index (χ1) is 37.2. The molecule has 9 rings (SSSR count). The first-order valence-corrected chi connectivity index (χ1v) is 33.1. The van der Waals surface area contributed by atoms with Crippen molar-refractivity contribution in [2.24, 2.45) is 17.8 Å². The topological polar surface area (TPSA) is 109 Å². The van der Waals surface area contributed by atoms with Crippen molar-refractivity contribution in [3.63, 3.8) is 0 Å². The summed E-state index contributed by atoms with van der Waals surface area (Å²) in [5, 5.41) is 4.01. The molecule has 0 bridgehead atoms. The Kier molecular flexibility index (Phi) is 18.7. The molecule has 0 aromatic heterocycles. The Hall–Kier alpha value is -3.42. The van der Waals surface area contributed by atoms with Crippen molar-refractivity contribution < 1.29 is 51.5 Å². The highest BCUT2D eigenvalue weighted by Crippen LogP contribution is 2.49. The van der Waals surface area contributed by atoms with Crippen LogP contribution in [0.5, 0.6) is 0 Å². The van der Waals surface area contributed by atoms with Crippen molar-refractivity contribution in [1.29, 1.82) is 0 Å². The first-order valence-electron chi connectivity index (χ1n) is 29.3. The molecule has 5 fully saturated rings. The minimum atomic E-state index is -3.28. The minimum Gasteiger partial charge on any atom is -0.399 e. The molecule has 5 aliphatic rings. The smallest absolute Gasteiger partial charge is 0.261 e. The van der Waals surface area contributed by atoms with E-state index in [1.165, 1.54) is 10.4 Å². The number of rotatable bonds is 21. The van der Waals surface area contributed by atoms with Gasteiger partial charge in [0.25, 0.3) is 16.6 Å². The summed E-state index contributed by atoms with van der Waals surface area (Å²) in [6.45, 7) is 25.1. The van der Waals surface area contributed by atoms with E-state index in [2.05, 4.69) is 184 Å². The summed E-state index contributed by atoms with van der Waals surface area (Å²) in [6, 6.07) is 43.3. The summed E-state index contributed by atoms with van der Waals surface area (Å²) in [5.74, 6) is 0.182. The number of Topliss-reactive ketones (excluding diaryl/α,β-unsaturated/α-hetero) is 1. The standard InChI is InChI=1S/C65H92O11Si2/c1-14-43(2)37-54-44(3)52(55(71-54)41-57(67-12)68-13)39-45(66)38-46-35-36-53-58(70-46)62(76-78(64(7,8)9,50-31-23-17-24-32-50)51-33-25-18-26-34-51)61-60(72-53)59(56(73-61)40-47-42-69-65(10,11)74-47)75-77(63(4,5)6,48-27-19-15-20-28-48)49-29-21-16-22-30-49/h15-34,43-44,46-47,52-62H,14,35-42H2,1-13H3/t43-,44-,46-,47?,52?,53+,54-,55+,56?,58+,59+,60+,61-,62+/m1/s1. The number of hydrogen-bond acceptors (Lipinski definition) is 11. The van der Waals surface area contributed by atoms with Gasteiger partial charge in [-0.3, -0.25) is 4.79 Å². The van der Waals surface area contributed by atoms with Gasteiger partial charge in [-0.1, -0.05) is 190 Å². The highest BCUT2D eigenvalue weighted by atomic mass is 28.4. The molecular weight excluding hydrogens is 1010 g/mol. The molecule has 0 saturated carbocycles. The Morgan fingerprint density at radius 2 is 1.12 bits per heavy atom. The van der Waals surface area contributed by atoms with Gasteiger partial charge in [0, 0.05) is 39.9 Å². The lowest BCUT2D eigenvalue weighted by Gasteiger charge is -2.53. The molecule has 0 radical (unpaired) electrons. The van der Waals surface area contributed by atoms with Crippen molar-refractivity contribution in [2.45, 2.75) is 217 Å². The van der Waals surface area contributed by atoms with Crippen LogP contribution < -0.4 is 20.7 Å². The summed E-state index contributed by atoms with van der Waals surface area (Å²) in [6.07, 6.45) is 0.380. The van der Waals surface area contributed by atoms with Gasteiger partial charge in [0.2, 0.25) is 0 Å². The zero-order chi connectivity index (χ0) is 55.6. The van der Waals surface area contributed by atoms with Gasteiger partial charge in [-0.05, 0) is 81.7 Å². The molecular formula is C65H92O11Si2. The zero-order valence-electron chi connectivity index (χ0n) is 49.1. The SMILES string of the molecule is CC[C@@H](C)C[C@H]1O[C@@H](CC(OC)OC)C(CC(=O)C[C@H]2CC[C@@H]3O[C@@H]4[C@@H](OC(CC5COC(C)(C)O5)[C@@H]4O[Si](c4ccccc4)(c4ccccc4)C(C)(C)C)[C@@H](O[Si](c4ccccc4)(c4ccccc4)C(C)(C)C)[C@H]3O2)[C@H]1C. The predicted octanol–water partition coefficient (Wildman–Crippen LogP) is 10.3. The lowest BCUT2D eigenvalue weighted by Crippen LogP contribution is -2.73. The zero-order valence-corrected chi connectivity index (χ0v) is 51.1. The molecule has 3 unspecified atom stereocenters. The lowest BCUT2D eigenvalue weighted by molar-refractivity contribution is -0.254. The van der Waals surface area contributed by atoms with E-state index in [0.717, 1.165) is 23.2 Å². The van der Waals surface area contributed by atoms with E-state index in [4.69, 9.17) is 46.7 Å². The van der Waals surface area contributed by atoms with E-state index >= 15 is 0 Å². The first kappa shape index (κ1) is 59.2. The van der Waals surface area contributed by atoms with Gasteiger partial charge in [0.05, 0.1) is 43.2 Å². The van der Waals surface area contributed by atoms with E-state index in [-0.39, 0.29) is 64.6 Å². The second-order valence-electron chi connectivity index (χ2n) is 25.8. The van der Waals surface area contributed by atoms with Crippen LogP contribution in [0.1, 0.15) is 128 Å². The molecule has 0 amide bonds. The molecule has 4 aromatic rings. The van der Waals surface area contributed by atoms with Crippen molar-refractivity contribution in [3.8, 4) is 0 Å². The fraction of sp³-hybridized carbons (Fsp3) is 0.615. The average molecular weight is 1110 g/mol. The van der Waals surface area contributed by atoms with Crippen LogP contribution >= 0.6 is 0 Å². The van der Waals surface area contributed by atoms with Crippen LogP contribution in [0.25, 0.3) is 0 Å². The molecule has 5 heterocycles. The van der Waals surface area contributed by atoms with Crippen molar-refractivity contribution in [2.75, 3.05) is 20.8 Å². The fourth-order valence-corrected chi connectivity index (χ4v) is 23.4. The molecule has 0 aliphatic carbocycles. The van der Waals surface area contributed by atoms with Crippen LogP contribution in [0.3, 0.4) is 0 Å². The van der Waals surface area contributed by atoms with Gasteiger partial charge < -0.3 is 46.7 Å². The van der Waals surface area contributed by atoms with Crippen LogP contribution in [-0.2, 0) is 51.5 Å². The third kappa shape index (κ3) is 12.2. The van der Waals surface area contributed by atoms with Crippen molar-refractivity contribution >= 4 is 43.2 Å². The normalized spacial score (nSPS) is 30.8. The average Bonchev–Trinajstić information content (AvgIpc) is 4.21. The number of hydrogen-bond donors (Lipinski definition) is 0. The number of ether oxygens (including phenoxy) is 8. The highest BCUT2D eigenvalue weighted by molar-refractivity contribution is 7.00. The Balaban J connectivity index is 1.12. The largest absolute Gasteiger partial charge is 0.399 e. The number of methoxy groups -OCH3 is 2. The Labute approximate surface area is 469 Å². The summed E-state index contributed by atoms with van der Waals surface area (Å²) in [5.41, 5.74) is 0. The van der Waals surface area contributed by atoms with Crippen LogP contribution in [-0.4, -0.2) is 122 Å². The van der Waals surface area contributed by atoms with Gasteiger partial charge in [0.1, 0.15) is 36.3 Å². The molecule has 13 heteroatoms. The van der Waals surface area contributed by atoms with Crippen molar-refractivity contribution in [1.82, 2.24) is 0 Å². The highest BCUT2D eigenvalue weighted by Gasteiger charge is 2.65. The third-order valence-electron chi connectivity index (χ3n) is 18.1. The fourth-order valence-electron chi connectivity index (χ4n) is 14.0. The maximum Gasteiger partial charge on any atom is 0.261 e. The molecule has 14 atom stereocenters. The number of fused-ring (bicyclic) bond motifs is 2. The molecule has 0 spiro atoms. The summed E-state index contributed by atoms with van der Waals surface area (Å²) < 4.78 is 70.4. The Morgan fingerprint density at radius 1 is 0.615 bits per heavy atom. The quantitative estimate of drug-likeness (QED) is 0.0588. The van der Waals surface area contributed by atoms with Crippen LogP contribution in [0.4, 0.5) is 0 Å². The van der Waals surface area contributed by atoms with Crippen LogP contribution in [0, 0.1) is 17.8 Å². The molecule has 78 heavy (non-hydrogen) atoms. The van der Waals surface area contributed by atoms with E-state index in [9.17, 15) is 4.79 Å². The molecule has 11 nitrogen and oxygen atoms in total. The summed E-state index contributed by atoms with van der Waals surface area (Å²) in [4.78, 5) is 14.8. The molecule has 5 aliphatic heterocycles. The number of benzene rings is 4. The Bertz CT molecular complexity index is 2440. The number of carbonyl (C=O) groups excluding carboxylic acids is 1. The molecule has 5 saturated heterocycles. The minimum absolute atomic E-state index is 0.0248. The van der Waals surface area contributed by atoms with E-state index in [1.54, 1.807) is 14.2 Å². The van der Waals surface area contributed by atoms with Gasteiger partial charge in [-0.2, -0.15) is 0 Å². The lowest BCUT2D eigenvalue weighted by atomic mass is 9.80. The molecule has 0 N–H and O–H groups in total. The monoisotopic (exact) mass is 1100 g/mol. The van der Waals surface area contributed by atoms with Gasteiger partial charge in [-0.15, -0.1) is 0 Å². The van der Waals surface area contributed by atoms with Crippen LogP contribution in [0.15, 0.2) is 121 Å². The Morgan fingerprint density at radius 3 is 1.58 bits per heavy atom. The number of carbonyl (C=O) groups is 1. The summed E-state index contributed by atoms with van der Waals surface area (Å²) in [7, 11) is -3.16. The second-order valence-corrected chi connectivity index (χ2v) is 34.3.